The minimum Gasteiger partial charge on any atom is -0.354 e. The van der Waals surface area contributed by atoms with Gasteiger partial charge in [0.05, 0.1) is 5.56 Å². The van der Waals surface area contributed by atoms with Crippen molar-refractivity contribution in [3.05, 3.63) is 84.4 Å². The monoisotopic (exact) mass is 451 g/mol. The Balaban J connectivity index is 1.52. The van der Waals surface area contributed by atoms with Gasteiger partial charge in [0.2, 0.25) is 5.95 Å². The fourth-order valence-electron chi connectivity index (χ4n) is 3.19. The van der Waals surface area contributed by atoms with E-state index < -0.39 is 11.7 Å². The molecule has 0 spiro atoms. The van der Waals surface area contributed by atoms with E-state index in [1.54, 1.807) is 42.7 Å². The highest BCUT2D eigenvalue weighted by Gasteiger charge is 2.34. The molecule has 10 heteroatoms. The molecule has 1 N–H and O–H groups in total. The molecule has 0 unspecified atom stereocenters. The van der Waals surface area contributed by atoms with Gasteiger partial charge in [-0.2, -0.15) is 18.2 Å². The number of pyridine rings is 1. The Hall–Kier alpha value is -4.08. The summed E-state index contributed by atoms with van der Waals surface area (Å²) >= 11 is 0. The predicted molar refractivity (Wildman–Crippen MR) is 119 cm³/mol. The number of anilines is 3. The number of nitrogens with zero attached hydrogens (tertiary/aromatic N) is 6. The van der Waals surface area contributed by atoms with Crippen molar-refractivity contribution in [1.29, 1.82) is 0 Å². The molecule has 33 heavy (non-hydrogen) atoms. The van der Waals surface area contributed by atoms with E-state index in [0.29, 0.717) is 24.1 Å². The lowest BCUT2D eigenvalue weighted by Gasteiger charge is -2.19. The Kier molecular flexibility index (Phi) is 6.43. The molecule has 0 aliphatic carbocycles. The largest absolute Gasteiger partial charge is 0.417 e. The first-order valence-electron chi connectivity index (χ1n) is 10.1. The third-order valence-electron chi connectivity index (χ3n) is 4.86. The number of rotatable bonds is 7. The SMILES string of the molecule is CN(c1ccnc(NCCc2cccnc2)n1)c1ccnc(-c2ccccc2C(F)(F)F)n1. The summed E-state index contributed by atoms with van der Waals surface area (Å²) in [5.74, 6) is 1.34. The van der Waals surface area contributed by atoms with E-state index in [-0.39, 0.29) is 11.4 Å². The molecule has 0 aliphatic rings. The van der Waals surface area contributed by atoms with Gasteiger partial charge in [0.25, 0.3) is 0 Å². The average Bonchev–Trinajstić information content (AvgIpc) is 2.84. The van der Waals surface area contributed by atoms with Crippen LogP contribution in [0.5, 0.6) is 0 Å². The fraction of sp³-hybridized carbons (Fsp3) is 0.174. The van der Waals surface area contributed by atoms with Crippen LogP contribution in [-0.4, -0.2) is 38.5 Å². The van der Waals surface area contributed by atoms with Crippen LogP contribution in [0.4, 0.5) is 30.8 Å². The van der Waals surface area contributed by atoms with E-state index in [4.69, 9.17) is 0 Å². The van der Waals surface area contributed by atoms with Crippen LogP contribution < -0.4 is 10.2 Å². The molecule has 1 aromatic carbocycles. The van der Waals surface area contributed by atoms with Crippen LogP contribution in [-0.2, 0) is 12.6 Å². The van der Waals surface area contributed by atoms with Gasteiger partial charge in [0, 0.05) is 43.9 Å². The Labute approximate surface area is 188 Å². The molecule has 0 atom stereocenters. The summed E-state index contributed by atoms with van der Waals surface area (Å²) in [6, 6.07) is 12.4. The molecular formula is C23H20F3N7. The van der Waals surface area contributed by atoms with Crippen LogP contribution in [0.2, 0.25) is 0 Å². The van der Waals surface area contributed by atoms with Gasteiger partial charge < -0.3 is 10.2 Å². The zero-order valence-corrected chi connectivity index (χ0v) is 17.7. The Morgan fingerprint density at radius 1 is 0.879 bits per heavy atom. The first kappa shape index (κ1) is 22.1. The van der Waals surface area contributed by atoms with Crippen molar-refractivity contribution in [1.82, 2.24) is 24.9 Å². The van der Waals surface area contributed by atoms with Crippen LogP contribution in [0.3, 0.4) is 0 Å². The van der Waals surface area contributed by atoms with E-state index in [2.05, 4.69) is 30.2 Å². The third kappa shape index (κ3) is 5.40. The first-order chi connectivity index (χ1) is 15.9. The summed E-state index contributed by atoms with van der Waals surface area (Å²) in [7, 11) is 1.73. The normalized spacial score (nSPS) is 11.3. The maximum absolute atomic E-state index is 13.4. The van der Waals surface area contributed by atoms with Crippen LogP contribution in [0.1, 0.15) is 11.1 Å². The number of benzene rings is 1. The van der Waals surface area contributed by atoms with Gasteiger partial charge in [-0.3, -0.25) is 4.98 Å². The van der Waals surface area contributed by atoms with E-state index in [9.17, 15) is 13.2 Å². The smallest absolute Gasteiger partial charge is 0.354 e. The maximum atomic E-state index is 13.4. The number of nitrogens with one attached hydrogen (secondary N) is 1. The number of halogens is 3. The minimum absolute atomic E-state index is 0.0175. The Morgan fingerprint density at radius 2 is 1.64 bits per heavy atom. The lowest BCUT2D eigenvalue weighted by molar-refractivity contribution is -0.137. The average molecular weight is 451 g/mol. The van der Waals surface area contributed by atoms with E-state index >= 15 is 0 Å². The standard InChI is InChI=1S/C23H20F3N7/c1-33(20-10-14-30-22(32-20)29-12-8-16-5-4-11-27-15-16)19-9-13-28-21(31-19)17-6-2-3-7-18(17)23(24,25)26/h2-7,9-11,13-15H,8,12H2,1H3,(H,29,30,32). The lowest BCUT2D eigenvalue weighted by atomic mass is 10.1. The number of hydrogen-bond donors (Lipinski definition) is 1. The molecule has 3 heterocycles. The van der Waals surface area contributed by atoms with Gasteiger partial charge >= 0.3 is 6.18 Å². The maximum Gasteiger partial charge on any atom is 0.417 e. The second-order valence-electron chi connectivity index (χ2n) is 7.12. The lowest BCUT2D eigenvalue weighted by Crippen LogP contribution is -2.16. The molecule has 0 aliphatic heterocycles. The summed E-state index contributed by atoms with van der Waals surface area (Å²) in [4.78, 5) is 22.9. The molecule has 0 saturated heterocycles. The quantitative estimate of drug-likeness (QED) is 0.434. The molecule has 0 bridgehead atoms. The minimum atomic E-state index is -4.51. The van der Waals surface area contributed by atoms with Crippen LogP contribution >= 0.6 is 0 Å². The Bertz CT molecular complexity index is 1220. The van der Waals surface area contributed by atoms with Gasteiger partial charge in [-0.05, 0) is 36.2 Å². The van der Waals surface area contributed by atoms with Crippen molar-refractivity contribution in [3.63, 3.8) is 0 Å². The first-order valence-corrected chi connectivity index (χ1v) is 10.1. The molecule has 0 fully saturated rings. The second-order valence-corrected chi connectivity index (χ2v) is 7.12. The van der Waals surface area contributed by atoms with E-state index in [1.807, 2.05) is 12.1 Å². The third-order valence-corrected chi connectivity index (χ3v) is 4.86. The molecule has 7 nitrogen and oxygen atoms in total. The number of hydrogen-bond acceptors (Lipinski definition) is 7. The zero-order valence-electron chi connectivity index (χ0n) is 17.7. The van der Waals surface area contributed by atoms with Crippen molar-refractivity contribution in [3.8, 4) is 11.4 Å². The number of aromatic nitrogens is 5. The fourth-order valence-corrected chi connectivity index (χ4v) is 3.19. The van der Waals surface area contributed by atoms with Crippen LogP contribution in [0.15, 0.2) is 73.3 Å². The summed E-state index contributed by atoms with van der Waals surface area (Å²) < 4.78 is 40.3. The predicted octanol–water partition coefficient (Wildman–Crippen LogP) is 4.77. The summed E-state index contributed by atoms with van der Waals surface area (Å²) in [5, 5.41) is 3.17. The van der Waals surface area contributed by atoms with E-state index in [1.165, 1.54) is 24.4 Å². The van der Waals surface area contributed by atoms with Gasteiger partial charge in [-0.15, -0.1) is 0 Å². The summed E-state index contributed by atoms with van der Waals surface area (Å²) in [5.41, 5.74) is 0.221. The molecule has 0 radical (unpaired) electrons. The molecule has 4 rings (SSSR count). The molecule has 168 valence electrons. The Morgan fingerprint density at radius 3 is 2.39 bits per heavy atom. The topological polar surface area (TPSA) is 79.7 Å². The van der Waals surface area contributed by atoms with E-state index in [0.717, 1.165) is 18.1 Å². The van der Waals surface area contributed by atoms with Crippen LogP contribution in [0.25, 0.3) is 11.4 Å². The van der Waals surface area contributed by atoms with Crippen LogP contribution in [0, 0.1) is 0 Å². The highest BCUT2D eigenvalue weighted by atomic mass is 19.4. The summed E-state index contributed by atoms with van der Waals surface area (Å²) in [6.07, 6.45) is 2.80. The van der Waals surface area contributed by atoms with Crippen molar-refractivity contribution < 1.29 is 13.2 Å². The molecule has 0 amide bonds. The van der Waals surface area contributed by atoms with Crippen molar-refractivity contribution >= 4 is 17.6 Å². The number of alkyl halides is 3. The highest BCUT2D eigenvalue weighted by molar-refractivity contribution is 5.64. The van der Waals surface area contributed by atoms with Crippen molar-refractivity contribution in [2.24, 2.45) is 0 Å². The van der Waals surface area contributed by atoms with Gasteiger partial charge in [-0.1, -0.05) is 24.3 Å². The molecule has 0 saturated carbocycles. The van der Waals surface area contributed by atoms with Gasteiger partial charge in [0.1, 0.15) is 11.6 Å². The molecule has 4 aromatic rings. The zero-order chi connectivity index (χ0) is 23.3. The highest BCUT2D eigenvalue weighted by Crippen LogP contribution is 2.36. The van der Waals surface area contributed by atoms with Crippen molar-refractivity contribution in [2.75, 3.05) is 23.8 Å². The van der Waals surface area contributed by atoms with Crippen molar-refractivity contribution in [2.45, 2.75) is 12.6 Å². The molecular weight excluding hydrogens is 431 g/mol. The van der Waals surface area contributed by atoms with Gasteiger partial charge in [0.15, 0.2) is 5.82 Å². The second kappa shape index (κ2) is 9.60. The molecule has 3 aromatic heterocycles. The summed E-state index contributed by atoms with van der Waals surface area (Å²) in [6.45, 7) is 0.616. The van der Waals surface area contributed by atoms with Gasteiger partial charge in [-0.25, -0.2) is 15.0 Å².